The lowest BCUT2D eigenvalue weighted by Gasteiger charge is -2.04. The summed E-state index contributed by atoms with van der Waals surface area (Å²) in [5.41, 5.74) is 1.07. The minimum Gasteiger partial charge on any atom is -0.333 e. The van der Waals surface area contributed by atoms with Crippen LogP contribution in [0.1, 0.15) is 37.3 Å². The third-order valence-electron chi connectivity index (χ3n) is 3.05. The molecule has 2 aromatic rings. The van der Waals surface area contributed by atoms with Crippen LogP contribution in [0, 0.1) is 12.8 Å². The predicted octanol–water partition coefficient (Wildman–Crippen LogP) is 3.27. The molecule has 0 aliphatic carbocycles. The summed E-state index contributed by atoms with van der Waals surface area (Å²) in [5, 5.41) is 8.28. The maximum Gasteiger partial charge on any atom is 0.269 e. The number of aromatic nitrogens is 3. The van der Waals surface area contributed by atoms with Gasteiger partial charge in [-0.15, -0.1) is 23.7 Å². The molecule has 0 amide bonds. The number of rotatable bonds is 6. The van der Waals surface area contributed by atoms with E-state index >= 15 is 0 Å². The first kappa shape index (κ1) is 18.1. The van der Waals surface area contributed by atoms with Crippen LogP contribution in [0.25, 0.3) is 10.8 Å². The predicted molar refractivity (Wildman–Crippen MR) is 88.2 cm³/mol. The van der Waals surface area contributed by atoms with Crippen molar-refractivity contribution in [2.24, 2.45) is 5.92 Å². The summed E-state index contributed by atoms with van der Waals surface area (Å²) >= 11 is 1.62. The molecule has 2 heterocycles. The zero-order chi connectivity index (χ0) is 14.7. The Morgan fingerprint density at radius 3 is 2.52 bits per heavy atom. The summed E-state index contributed by atoms with van der Waals surface area (Å²) in [4.78, 5) is 10.1. The molecule has 21 heavy (non-hydrogen) atoms. The molecule has 2 rings (SSSR count). The second kappa shape index (κ2) is 7.87. The fourth-order valence-electron chi connectivity index (χ4n) is 1.97. The molecule has 118 valence electrons. The molecule has 0 spiro atoms. The summed E-state index contributed by atoms with van der Waals surface area (Å²) in [5.74, 6) is 1.90. The van der Waals surface area contributed by atoms with Gasteiger partial charge in [0.25, 0.3) is 5.89 Å². The van der Waals surface area contributed by atoms with Gasteiger partial charge in [-0.05, 0) is 33.2 Å². The Morgan fingerprint density at radius 2 is 1.90 bits per heavy atom. The van der Waals surface area contributed by atoms with E-state index in [-0.39, 0.29) is 12.4 Å². The van der Waals surface area contributed by atoms with Gasteiger partial charge < -0.3 is 9.84 Å². The summed E-state index contributed by atoms with van der Waals surface area (Å²) in [7, 11) is 1.93. The van der Waals surface area contributed by atoms with E-state index in [1.807, 2.05) is 14.0 Å². The zero-order valence-corrected chi connectivity index (χ0v) is 14.8. The first-order valence-electron chi connectivity index (χ1n) is 6.96. The third kappa shape index (κ3) is 4.76. The van der Waals surface area contributed by atoms with Gasteiger partial charge in [0, 0.05) is 12.5 Å². The highest BCUT2D eigenvalue weighted by molar-refractivity contribution is 7.15. The zero-order valence-electron chi connectivity index (χ0n) is 13.1. The second-order valence-corrected chi connectivity index (χ2v) is 6.72. The average Bonchev–Trinajstić information content (AvgIpc) is 2.95. The van der Waals surface area contributed by atoms with Crippen molar-refractivity contribution in [1.82, 2.24) is 20.4 Å². The Kier molecular flexibility index (Phi) is 6.77. The molecule has 1 atom stereocenters. The van der Waals surface area contributed by atoms with Gasteiger partial charge in [0.2, 0.25) is 0 Å². The van der Waals surface area contributed by atoms with E-state index in [1.165, 1.54) is 0 Å². The molecule has 0 aromatic carbocycles. The third-order valence-corrected chi connectivity index (χ3v) is 4.05. The van der Waals surface area contributed by atoms with E-state index in [1.54, 1.807) is 11.3 Å². The molecule has 0 radical (unpaired) electrons. The van der Waals surface area contributed by atoms with Crippen LogP contribution in [0.2, 0.25) is 0 Å². The lowest BCUT2D eigenvalue weighted by molar-refractivity contribution is 0.418. The standard InChI is InChI=1S/C14H22N4OS.ClH/c1-8(2)6-11-13(20-10(4)16-11)14-17-12(18-19-14)7-9(3)15-5;/h8-9,15H,6-7H2,1-5H3;1H. The quantitative estimate of drug-likeness (QED) is 0.880. The van der Waals surface area contributed by atoms with Crippen molar-refractivity contribution in [3.63, 3.8) is 0 Å². The minimum atomic E-state index is 0. The molecule has 1 unspecified atom stereocenters. The lowest BCUT2D eigenvalue weighted by Crippen LogP contribution is -2.24. The summed E-state index contributed by atoms with van der Waals surface area (Å²) in [6, 6.07) is 0.332. The van der Waals surface area contributed by atoms with Crippen LogP contribution >= 0.6 is 23.7 Å². The van der Waals surface area contributed by atoms with Gasteiger partial charge in [0.15, 0.2) is 5.82 Å². The van der Waals surface area contributed by atoms with Crippen molar-refractivity contribution < 1.29 is 4.52 Å². The topological polar surface area (TPSA) is 63.8 Å². The first-order chi connectivity index (χ1) is 9.49. The van der Waals surface area contributed by atoms with Crippen LogP contribution in [0.5, 0.6) is 0 Å². The smallest absolute Gasteiger partial charge is 0.269 e. The van der Waals surface area contributed by atoms with Crippen LogP contribution in [0.3, 0.4) is 0 Å². The van der Waals surface area contributed by atoms with Crippen molar-refractivity contribution in [1.29, 1.82) is 0 Å². The summed E-state index contributed by atoms with van der Waals surface area (Å²) in [6.07, 6.45) is 1.70. The maximum absolute atomic E-state index is 5.41. The highest BCUT2D eigenvalue weighted by Crippen LogP contribution is 2.30. The number of hydrogen-bond donors (Lipinski definition) is 1. The van der Waals surface area contributed by atoms with E-state index in [0.29, 0.717) is 17.9 Å². The summed E-state index contributed by atoms with van der Waals surface area (Å²) < 4.78 is 5.41. The monoisotopic (exact) mass is 330 g/mol. The number of hydrogen-bond acceptors (Lipinski definition) is 6. The van der Waals surface area contributed by atoms with Gasteiger partial charge in [0.05, 0.1) is 10.7 Å². The van der Waals surface area contributed by atoms with Crippen LogP contribution in [-0.2, 0) is 12.8 Å². The van der Waals surface area contributed by atoms with Crippen LogP contribution in [0.15, 0.2) is 4.52 Å². The van der Waals surface area contributed by atoms with Gasteiger partial charge in [0.1, 0.15) is 4.88 Å². The molecule has 5 nitrogen and oxygen atoms in total. The second-order valence-electron chi connectivity index (χ2n) is 5.52. The molecule has 0 bridgehead atoms. The molecular weight excluding hydrogens is 308 g/mol. The SMILES string of the molecule is CNC(C)Cc1noc(-c2sc(C)nc2CC(C)C)n1.Cl. The van der Waals surface area contributed by atoms with Crippen molar-refractivity contribution in [3.05, 3.63) is 16.5 Å². The minimum absolute atomic E-state index is 0. The number of likely N-dealkylation sites (N-methyl/N-ethyl adjacent to an activating group) is 1. The fourth-order valence-corrected chi connectivity index (χ4v) is 2.84. The van der Waals surface area contributed by atoms with Crippen molar-refractivity contribution in [2.45, 2.75) is 46.6 Å². The van der Waals surface area contributed by atoms with Crippen molar-refractivity contribution in [2.75, 3.05) is 7.05 Å². The number of nitrogens with zero attached hydrogens (tertiary/aromatic N) is 3. The van der Waals surface area contributed by atoms with E-state index in [4.69, 9.17) is 4.52 Å². The van der Waals surface area contributed by atoms with Gasteiger partial charge in [-0.3, -0.25) is 0 Å². The van der Waals surface area contributed by atoms with Gasteiger partial charge in [-0.25, -0.2) is 4.98 Å². The van der Waals surface area contributed by atoms with E-state index in [9.17, 15) is 0 Å². The Bertz CT molecular complexity index is 567. The van der Waals surface area contributed by atoms with E-state index in [0.717, 1.165) is 34.2 Å². The Morgan fingerprint density at radius 1 is 1.19 bits per heavy atom. The molecule has 0 aliphatic heterocycles. The fraction of sp³-hybridized carbons (Fsp3) is 0.643. The summed E-state index contributed by atoms with van der Waals surface area (Å²) in [6.45, 7) is 8.48. The van der Waals surface area contributed by atoms with Crippen LogP contribution in [-0.4, -0.2) is 28.2 Å². The van der Waals surface area contributed by atoms with Gasteiger partial charge in [-0.2, -0.15) is 4.98 Å². The molecule has 2 aromatic heterocycles. The average molecular weight is 331 g/mol. The normalized spacial score (nSPS) is 12.5. The molecule has 1 N–H and O–H groups in total. The van der Waals surface area contributed by atoms with Gasteiger partial charge >= 0.3 is 0 Å². The lowest BCUT2D eigenvalue weighted by atomic mass is 10.1. The Hall–Kier alpha value is -0.980. The molecule has 0 aliphatic rings. The van der Waals surface area contributed by atoms with Crippen molar-refractivity contribution >= 4 is 23.7 Å². The largest absolute Gasteiger partial charge is 0.333 e. The van der Waals surface area contributed by atoms with Crippen LogP contribution < -0.4 is 5.32 Å². The van der Waals surface area contributed by atoms with E-state index < -0.39 is 0 Å². The molecule has 0 saturated carbocycles. The molecule has 7 heteroatoms. The number of halogens is 1. The highest BCUT2D eigenvalue weighted by atomic mass is 35.5. The maximum atomic E-state index is 5.41. The molecule has 0 saturated heterocycles. The van der Waals surface area contributed by atoms with E-state index in [2.05, 4.69) is 41.2 Å². The Balaban J connectivity index is 0.00000220. The molecule has 0 fully saturated rings. The Labute approximate surface area is 136 Å². The highest BCUT2D eigenvalue weighted by Gasteiger charge is 2.19. The first-order valence-corrected chi connectivity index (χ1v) is 7.77. The number of nitrogens with one attached hydrogen (secondary N) is 1. The number of aryl methyl sites for hydroxylation is 1. The molecular formula is C14H23ClN4OS. The number of thiazole rings is 1. The van der Waals surface area contributed by atoms with Crippen molar-refractivity contribution in [3.8, 4) is 10.8 Å². The van der Waals surface area contributed by atoms with Crippen LogP contribution in [0.4, 0.5) is 0 Å². The van der Waals surface area contributed by atoms with Gasteiger partial charge in [-0.1, -0.05) is 19.0 Å².